The highest BCUT2D eigenvalue weighted by molar-refractivity contribution is 6.35. The highest BCUT2D eigenvalue weighted by Crippen LogP contribution is 2.28. The largest absolute Gasteiger partial charge is 0.489 e. The van der Waals surface area contributed by atoms with Crippen molar-refractivity contribution in [2.45, 2.75) is 12.6 Å². The molecule has 3 heterocycles. The van der Waals surface area contributed by atoms with Crippen molar-refractivity contribution in [2.75, 3.05) is 37.8 Å². The number of H-pyrrole nitrogens is 1. The van der Waals surface area contributed by atoms with E-state index in [0.717, 1.165) is 0 Å². The summed E-state index contributed by atoms with van der Waals surface area (Å²) in [4.78, 5) is 33.4. The minimum absolute atomic E-state index is 0.0235. The average molecular weight is 470 g/mol. The Balaban J connectivity index is 1.65. The van der Waals surface area contributed by atoms with E-state index in [1.54, 1.807) is 22.8 Å². The standard InChI is InChI=1S/C19H21Cl2N5O5/c1-24-16-15(17(28)23-19(24)29)26(18(22-16)25-4-6-30-7-5-25)9-12(27)10-31-14-3-2-11(20)8-13(14)21/h2-3,8,12,27H,4-7,9-10H2,1H3,(H,23,28,29)/t12-/m0/s1. The number of benzene rings is 1. The summed E-state index contributed by atoms with van der Waals surface area (Å²) < 4.78 is 13.9. The molecule has 0 aliphatic carbocycles. The lowest BCUT2D eigenvalue weighted by Crippen LogP contribution is -2.39. The second kappa shape index (κ2) is 8.91. The summed E-state index contributed by atoms with van der Waals surface area (Å²) in [5, 5.41) is 11.5. The molecule has 1 aliphatic rings. The van der Waals surface area contributed by atoms with E-state index in [1.165, 1.54) is 11.6 Å². The minimum atomic E-state index is -0.986. The number of hydrogen-bond acceptors (Lipinski definition) is 7. The second-order valence-corrected chi connectivity index (χ2v) is 8.00. The fourth-order valence-electron chi connectivity index (χ4n) is 3.44. The topological polar surface area (TPSA) is 115 Å². The molecule has 0 spiro atoms. The molecule has 0 bridgehead atoms. The molecule has 1 saturated heterocycles. The van der Waals surface area contributed by atoms with Crippen LogP contribution in [0.3, 0.4) is 0 Å². The first-order valence-corrected chi connectivity index (χ1v) is 10.4. The lowest BCUT2D eigenvalue weighted by atomic mass is 10.3. The lowest BCUT2D eigenvalue weighted by Gasteiger charge is -2.28. The van der Waals surface area contributed by atoms with Gasteiger partial charge in [0.15, 0.2) is 11.2 Å². The van der Waals surface area contributed by atoms with Gasteiger partial charge in [0.25, 0.3) is 5.56 Å². The van der Waals surface area contributed by atoms with Crippen LogP contribution in [0.5, 0.6) is 5.75 Å². The number of aromatic nitrogens is 4. The molecule has 1 aromatic carbocycles. The van der Waals surface area contributed by atoms with Crippen LogP contribution in [0.25, 0.3) is 11.2 Å². The van der Waals surface area contributed by atoms with Crippen LogP contribution in [0.2, 0.25) is 10.0 Å². The predicted octanol–water partition coefficient (Wildman–Crippen LogP) is 1.01. The Morgan fingerprint density at radius 2 is 2.03 bits per heavy atom. The van der Waals surface area contributed by atoms with Gasteiger partial charge in [-0.1, -0.05) is 23.2 Å². The maximum absolute atomic E-state index is 12.6. The molecule has 1 aliphatic heterocycles. The summed E-state index contributed by atoms with van der Waals surface area (Å²) in [6.45, 7) is 2.12. The number of morpholine rings is 1. The molecule has 0 radical (unpaired) electrons. The zero-order valence-corrected chi connectivity index (χ0v) is 18.2. The number of imidazole rings is 1. The molecule has 1 atom stereocenters. The fraction of sp³-hybridized carbons (Fsp3) is 0.421. The maximum atomic E-state index is 12.6. The lowest BCUT2D eigenvalue weighted by molar-refractivity contribution is 0.0928. The molecule has 10 nitrogen and oxygen atoms in total. The summed E-state index contributed by atoms with van der Waals surface area (Å²) in [6.07, 6.45) is -0.986. The van der Waals surface area contributed by atoms with Crippen molar-refractivity contribution >= 4 is 40.3 Å². The molecule has 0 amide bonds. The van der Waals surface area contributed by atoms with Crippen LogP contribution in [0.4, 0.5) is 5.95 Å². The predicted molar refractivity (Wildman–Crippen MR) is 117 cm³/mol. The van der Waals surface area contributed by atoms with E-state index in [-0.39, 0.29) is 24.3 Å². The first kappa shape index (κ1) is 21.7. The zero-order valence-electron chi connectivity index (χ0n) is 16.7. The minimum Gasteiger partial charge on any atom is -0.489 e. The fourth-order valence-corrected chi connectivity index (χ4v) is 3.91. The van der Waals surface area contributed by atoms with Gasteiger partial charge in [-0.2, -0.15) is 4.98 Å². The van der Waals surface area contributed by atoms with Crippen LogP contribution in [-0.4, -0.2) is 63.2 Å². The van der Waals surface area contributed by atoms with Gasteiger partial charge in [0.05, 0.1) is 24.8 Å². The summed E-state index contributed by atoms with van der Waals surface area (Å²) in [6, 6.07) is 4.80. The zero-order chi connectivity index (χ0) is 22.1. The summed E-state index contributed by atoms with van der Waals surface area (Å²) in [5.41, 5.74) is -0.688. The van der Waals surface area contributed by atoms with Crippen molar-refractivity contribution < 1.29 is 14.6 Å². The van der Waals surface area contributed by atoms with E-state index in [4.69, 9.17) is 32.7 Å². The van der Waals surface area contributed by atoms with Crippen LogP contribution in [0.1, 0.15) is 0 Å². The smallest absolute Gasteiger partial charge is 0.329 e. The number of fused-ring (bicyclic) bond motifs is 1. The van der Waals surface area contributed by atoms with Crippen molar-refractivity contribution in [3.05, 3.63) is 49.1 Å². The molecule has 12 heteroatoms. The van der Waals surface area contributed by atoms with Gasteiger partial charge < -0.3 is 24.0 Å². The third-order valence-corrected chi connectivity index (χ3v) is 5.53. The van der Waals surface area contributed by atoms with E-state index in [2.05, 4.69) is 9.97 Å². The molecule has 2 aromatic heterocycles. The maximum Gasteiger partial charge on any atom is 0.329 e. The van der Waals surface area contributed by atoms with Gasteiger partial charge >= 0.3 is 5.69 Å². The number of nitrogens with zero attached hydrogens (tertiary/aromatic N) is 4. The van der Waals surface area contributed by atoms with E-state index in [0.29, 0.717) is 48.0 Å². The van der Waals surface area contributed by atoms with E-state index < -0.39 is 17.4 Å². The summed E-state index contributed by atoms with van der Waals surface area (Å²) in [7, 11) is 1.53. The van der Waals surface area contributed by atoms with Gasteiger partial charge in [-0.05, 0) is 18.2 Å². The molecule has 166 valence electrons. The third kappa shape index (κ3) is 4.42. The monoisotopic (exact) mass is 469 g/mol. The number of rotatable bonds is 6. The Morgan fingerprint density at radius 1 is 1.29 bits per heavy atom. The first-order chi connectivity index (χ1) is 14.8. The number of aromatic amines is 1. The third-order valence-electron chi connectivity index (χ3n) is 5.00. The number of anilines is 1. The second-order valence-electron chi connectivity index (χ2n) is 7.15. The molecular weight excluding hydrogens is 449 g/mol. The molecule has 4 rings (SSSR count). The number of halogens is 2. The Labute approximate surface area is 186 Å². The van der Waals surface area contributed by atoms with Crippen LogP contribution < -0.4 is 20.9 Å². The van der Waals surface area contributed by atoms with Gasteiger partial charge in [-0.3, -0.25) is 14.3 Å². The van der Waals surface area contributed by atoms with Crippen molar-refractivity contribution in [3.63, 3.8) is 0 Å². The molecule has 0 unspecified atom stereocenters. The van der Waals surface area contributed by atoms with Crippen molar-refractivity contribution in [1.82, 2.24) is 19.1 Å². The summed E-state index contributed by atoms with van der Waals surface area (Å²) in [5.74, 6) is 0.864. The first-order valence-electron chi connectivity index (χ1n) is 9.63. The average Bonchev–Trinajstić information content (AvgIpc) is 3.12. The van der Waals surface area contributed by atoms with Gasteiger partial charge in [-0.15, -0.1) is 0 Å². The highest BCUT2D eigenvalue weighted by atomic mass is 35.5. The van der Waals surface area contributed by atoms with E-state index >= 15 is 0 Å². The Bertz CT molecular complexity index is 1210. The molecule has 1 fully saturated rings. The Hall–Kier alpha value is -2.53. The van der Waals surface area contributed by atoms with Gasteiger partial charge in [0, 0.05) is 25.2 Å². The highest BCUT2D eigenvalue weighted by Gasteiger charge is 2.24. The van der Waals surface area contributed by atoms with Crippen molar-refractivity contribution in [2.24, 2.45) is 7.05 Å². The molecule has 2 N–H and O–H groups in total. The molecule has 0 saturated carbocycles. The van der Waals surface area contributed by atoms with Crippen LogP contribution in [0, 0.1) is 0 Å². The Kier molecular flexibility index (Phi) is 6.24. The van der Waals surface area contributed by atoms with Crippen LogP contribution >= 0.6 is 23.2 Å². The van der Waals surface area contributed by atoms with E-state index in [1.807, 2.05) is 4.90 Å². The number of hydrogen-bond donors (Lipinski definition) is 2. The van der Waals surface area contributed by atoms with Crippen LogP contribution in [-0.2, 0) is 18.3 Å². The number of aryl methyl sites for hydroxylation is 1. The van der Waals surface area contributed by atoms with Crippen molar-refractivity contribution in [3.8, 4) is 5.75 Å². The summed E-state index contributed by atoms with van der Waals surface area (Å²) >= 11 is 12.0. The normalized spacial score (nSPS) is 15.4. The van der Waals surface area contributed by atoms with Gasteiger partial charge in [0.1, 0.15) is 18.5 Å². The van der Waals surface area contributed by atoms with Gasteiger partial charge in [0.2, 0.25) is 5.95 Å². The SMILES string of the molecule is Cn1c(=O)[nH]c(=O)c2c1nc(N1CCOCC1)n2C[C@H](O)COc1ccc(Cl)cc1Cl. The van der Waals surface area contributed by atoms with Crippen LogP contribution in [0.15, 0.2) is 27.8 Å². The molecule has 31 heavy (non-hydrogen) atoms. The molecule has 3 aromatic rings. The van der Waals surface area contributed by atoms with Gasteiger partial charge in [-0.25, -0.2) is 4.79 Å². The quantitative estimate of drug-likeness (QED) is 0.553. The molecular formula is C19H21Cl2N5O5. The number of ether oxygens (including phenoxy) is 2. The number of nitrogens with one attached hydrogen (secondary N) is 1. The Morgan fingerprint density at radius 3 is 2.74 bits per heavy atom. The van der Waals surface area contributed by atoms with Crippen molar-refractivity contribution in [1.29, 1.82) is 0 Å². The number of aliphatic hydroxyl groups is 1. The van der Waals surface area contributed by atoms with E-state index in [9.17, 15) is 14.7 Å². The number of aliphatic hydroxyl groups excluding tert-OH is 1.